The zero-order chi connectivity index (χ0) is 17.0. The minimum Gasteiger partial charge on any atom is 0 e. The Labute approximate surface area is 187 Å². The summed E-state index contributed by atoms with van der Waals surface area (Å²) in [6, 6.07) is 0. The molecule has 0 amide bonds. The first-order valence-electron chi connectivity index (χ1n) is 8.43. The van der Waals surface area contributed by atoms with Crippen molar-refractivity contribution in [2.24, 2.45) is 0 Å². The first-order valence-corrected chi connectivity index (χ1v) is 14.4. The number of hydrogen-bond acceptors (Lipinski definition) is 4. The molecule has 6 heteroatoms. The molecule has 140 valence electrons. The average Bonchev–Trinajstić information content (AvgIpc) is 2.72. The first kappa shape index (κ1) is 21.1. The van der Waals surface area contributed by atoms with Gasteiger partial charge in [-0.15, -0.1) is 0 Å². The quantitative estimate of drug-likeness (QED) is 0.278. The topological polar surface area (TPSA) is 0 Å². The van der Waals surface area contributed by atoms with Crippen molar-refractivity contribution in [3.05, 3.63) is 91.5 Å². The Balaban J connectivity index is 0.00000196. The van der Waals surface area contributed by atoms with Crippen LogP contribution in [0, 0.1) is 0 Å². The molecule has 4 rings (SSSR count). The van der Waals surface area contributed by atoms with Crippen LogP contribution in [-0.4, -0.2) is 23.0 Å². The molecule has 0 saturated heterocycles. The van der Waals surface area contributed by atoms with Crippen molar-refractivity contribution >= 4 is 54.3 Å². The van der Waals surface area contributed by atoms with E-state index >= 15 is 0 Å². The number of thioether (sulfide) groups is 4. The van der Waals surface area contributed by atoms with Crippen LogP contribution in [0.5, 0.6) is 0 Å². The zero-order valence-corrected chi connectivity index (χ0v) is 20.0. The van der Waals surface area contributed by atoms with Crippen LogP contribution in [0.4, 0.5) is 0 Å². The van der Waals surface area contributed by atoms with Crippen LogP contribution in [-0.2, 0) is 20.4 Å². The predicted molar refractivity (Wildman–Crippen MR) is 127 cm³/mol. The summed E-state index contributed by atoms with van der Waals surface area (Å²) in [5.41, 5.74) is 0. The van der Waals surface area contributed by atoms with E-state index in [0.717, 1.165) is 23.0 Å². The molecular weight excluding hydrogens is 506 g/mol. The molecular formula is C20H21PPdS4. The molecule has 0 spiro atoms. The Morgan fingerprint density at radius 1 is 0.500 bits per heavy atom. The van der Waals surface area contributed by atoms with Crippen molar-refractivity contribution in [3.8, 4) is 0 Å². The molecule has 4 heterocycles. The SMILES string of the molecule is C1=CCSC([PH](C2=CC=CCS2)(C2=CC=CCS2)C2=CC=CCS2)=C1.[Pd]. The van der Waals surface area contributed by atoms with Gasteiger partial charge in [-0.25, -0.2) is 0 Å². The minimum absolute atomic E-state index is 0. The van der Waals surface area contributed by atoms with Crippen LogP contribution in [0.25, 0.3) is 0 Å². The van der Waals surface area contributed by atoms with Gasteiger partial charge in [0.25, 0.3) is 0 Å². The Morgan fingerprint density at radius 2 is 0.769 bits per heavy atom. The van der Waals surface area contributed by atoms with Crippen LogP contribution in [0.3, 0.4) is 0 Å². The standard InChI is InChI=1S/C20H21PS4.Pd/c1-5-13-22-17(9-1)21(18-10-2-6-14-23-18,19-11-3-7-15-24-19)20-12-4-8-16-25-20;/h1-12,21H,13-16H2;. The maximum atomic E-state index is 2.40. The Kier molecular flexibility index (Phi) is 8.34. The summed E-state index contributed by atoms with van der Waals surface area (Å²) < 4.78 is 6.42. The number of rotatable bonds is 4. The van der Waals surface area contributed by atoms with E-state index in [-0.39, 0.29) is 20.4 Å². The van der Waals surface area contributed by atoms with Crippen LogP contribution >= 0.6 is 54.3 Å². The van der Waals surface area contributed by atoms with Gasteiger partial charge in [-0.05, 0) is 0 Å². The van der Waals surface area contributed by atoms with Crippen molar-refractivity contribution < 1.29 is 20.4 Å². The van der Waals surface area contributed by atoms with Crippen LogP contribution in [0.15, 0.2) is 91.5 Å². The van der Waals surface area contributed by atoms with Gasteiger partial charge in [0, 0.05) is 20.4 Å². The van der Waals surface area contributed by atoms with Gasteiger partial charge in [-0.2, -0.15) is 0 Å². The number of hydrogen-bond donors (Lipinski definition) is 0. The summed E-state index contributed by atoms with van der Waals surface area (Å²) in [5.74, 6) is 4.37. The minimum atomic E-state index is -2.10. The normalized spacial score (nSPS) is 22.8. The van der Waals surface area contributed by atoms with Crippen molar-refractivity contribution in [1.29, 1.82) is 0 Å². The van der Waals surface area contributed by atoms with Gasteiger partial charge in [0.1, 0.15) is 0 Å². The van der Waals surface area contributed by atoms with Crippen LogP contribution in [0.2, 0.25) is 0 Å². The fourth-order valence-corrected chi connectivity index (χ4v) is 17.9. The van der Waals surface area contributed by atoms with Gasteiger partial charge in [0.2, 0.25) is 0 Å². The van der Waals surface area contributed by atoms with Gasteiger partial charge in [0.05, 0.1) is 0 Å². The molecule has 0 aromatic carbocycles. The van der Waals surface area contributed by atoms with E-state index in [2.05, 4.69) is 120 Å². The van der Waals surface area contributed by atoms with Crippen molar-refractivity contribution in [2.75, 3.05) is 23.0 Å². The average molecular weight is 527 g/mol. The molecule has 0 saturated carbocycles. The molecule has 0 aromatic heterocycles. The second-order valence-corrected chi connectivity index (χ2v) is 15.2. The molecule has 0 fully saturated rings. The molecule has 0 nitrogen and oxygen atoms in total. The van der Waals surface area contributed by atoms with E-state index in [4.69, 9.17) is 0 Å². The molecule has 0 aromatic rings. The molecule has 4 aliphatic heterocycles. The summed E-state index contributed by atoms with van der Waals surface area (Å²) in [4.78, 5) is 0. The molecule has 0 radical (unpaired) electrons. The largest absolute Gasteiger partial charge is 0 e. The Bertz CT molecular complexity index is 650. The van der Waals surface area contributed by atoms with E-state index < -0.39 is 7.26 Å². The third-order valence-corrected chi connectivity index (χ3v) is 16.6. The fourth-order valence-electron chi connectivity index (χ4n) is 3.25. The molecule has 0 bridgehead atoms. The monoisotopic (exact) mass is 526 g/mol. The van der Waals surface area contributed by atoms with Gasteiger partial charge in [0.15, 0.2) is 0 Å². The summed E-state index contributed by atoms with van der Waals surface area (Å²) >= 11 is 8.21. The zero-order valence-electron chi connectivity index (χ0n) is 14.2. The van der Waals surface area contributed by atoms with E-state index in [9.17, 15) is 0 Å². The van der Waals surface area contributed by atoms with E-state index in [0.29, 0.717) is 0 Å². The van der Waals surface area contributed by atoms with Gasteiger partial charge in [-0.1, -0.05) is 0 Å². The maximum Gasteiger partial charge on any atom is 0 e. The fraction of sp³-hybridized carbons (Fsp3) is 0.200. The third-order valence-electron chi connectivity index (χ3n) is 4.35. The van der Waals surface area contributed by atoms with E-state index in [1.165, 1.54) is 0 Å². The summed E-state index contributed by atoms with van der Waals surface area (Å²) in [5, 5.41) is 0. The molecule has 0 N–H and O–H groups in total. The molecule has 0 unspecified atom stereocenters. The number of allylic oxidation sites excluding steroid dienone is 8. The van der Waals surface area contributed by atoms with Crippen molar-refractivity contribution in [1.82, 2.24) is 0 Å². The summed E-state index contributed by atoms with van der Waals surface area (Å²) in [7, 11) is -2.10. The molecule has 4 aliphatic rings. The molecule has 0 aliphatic carbocycles. The summed E-state index contributed by atoms with van der Waals surface area (Å²) in [6.45, 7) is 0. The Morgan fingerprint density at radius 3 is 0.962 bits per heavy atom. The smallest absolute Gasteiger partial charge is 0 e. The second-order valence-electron chi connectivity index (χ2n) is 5.83. The first-order chi connectivity index (χ1) is 12.4. The maximum absolute atomic E-state index is 2.40. The summed E-state index contributed by atoms with van der Waals surface area (Å²) in [6.07, 6.45) is 27.8. The van der Waals surface area contributed by atoms with Gasteiger partial charge in [-0.3, -0.25) is 0 Å². The van der Waals surface area contributed by atoms with Gasteiger partial charge < -0.3 is 0 Å². The molecule has 0 atom stereocenters. The van der Waals surface area contributed by atoms with E-state index in [1.54, 1.807) is 18.6 Å². The van der Waals surface area contributed by atoms with Crippen molar-refractivity contribution in [2.45, 2.75) is 0 Å². The Hall–Kier alpha value is 0.412. The van der Waals surface area contributed by atoms with Crippen molar-refractivity contribution in [3.63, 3.8) is 0 Å². The van der Waals surface area contributed by atoms with E-state index in [1.807, 2.05) is 0 Å². The third kappa shape index (κ3) is 4.20. The van der Waals surface area contributed by atoms with Crippen LogP contribution < -0.4 is 0 Å². The van der Waals surface area contributed by atoms with Gasteiger partial charge >= 0.3 is 169 Å². The predicted octanol–water partition coefficient (Wildman–Crippen LogP) is 7.31. The molecule has 26 heavy (non-hydrogen) atoms. The second kappa shape index (κ2) is 10.3. The van der Waals surface area contributed by atoms with Crippen LogP contribution in [0.1, 0.15) is 0 Å².